The number of nitrogens with one attached hydrogen (secondary N) is 1. The smallest absolute Gasteiger partial charge is 0.185 e. The number of rotatable bonds is 55. The third kappa shape index (κ3) is 101. The molecule has 0 fully saturated rings. The largest absolute Gasteiger partial charge is 0.386 e. The lowest BCUT2D eigenvalue weighted by molar-refractivity contribution is -0.124. The van der Waals surface area contributed by atoms with Crippen molar-refractivity contribution < 1.29 is 57.5 Å². The average molecular weight is 1980 g/mol. The first-order chi connectivity index (χ1) is 63.2. The van der Waals surface area contributed by atoms with Crippen molar-refractivity contribution in [2.24, 2.45) is 262 Å². The van der Waals surface area contributed by atoms with Crippen LogP contribution in [-0.2, 0) is 57.5 Å². The molecule has 0 rings (SSSR count). The number of carbonyl (C=O) groups is 12. The van der Waals surface area contributed by atoms with Crippen LogP contribution in [0.25, 0.3) is 0 Å². The topological polar surface area (TPSA) is 1030 Å². The lowest BCUT2D eigenvalue weighted by Crippen LogP contribution is -2.40. The van der Waals surface area contributed by atoms with Crippen molar-refractivity contribution in [2.75, 3.05) is 78.5 Å². The highest BCUT2D eigenvalue weighted by Crippen LogP contribution is 2.10. The molecule has 59 N–H and O–H groups in total. The molecule has 0 heterocycles. The van der Waals surface area contributed by atoms with Crippen molar-refractivity contribution in [3.8, 4) is 0 Å². The summed E-state index contributed by atoms with van der Waals surface area (Å²) >= 11 is 0. The maximum absolute atomic E-state index is 11.4. The van der Waals surface area contributed by atoms with Crippen molar-refractivity contribution in [1.29, 1.82) is 0 Å². The van der Waals surface area contributed by atoms with Gasteiger partial charge in [0.2, 0.25) is 0 Å². The third-order valence-electron chi connectivity index (χ3n) is 18.5. The highest BCUT2D eigenvalue weighted by atomic mass is 16.2. The first-order valence-electron chi connectivity index (χ1n) is 47.4. The minimum absolute atomic E-state index is 0.00329. The minimum Gasteiger partial charge on any atom is -0.386 e. The van der Waals surface area contributed by atoms with Crippen molar-refractivity contribution in [1.82, 2.24) is 5.32 Å². The summed E-state index contributed by atoms with van der Waals surface area (Å²) in [7, 11) is 0. The van der Waals surface area contributed by atoms with Gasteiger partial charge in [-0.05, 0) is 103 Å². The Morgan fingerprint density at radius 2 is 0.377 bits per heavy atom. The summed E-state index contributed by atoms with van der Waals surface area (Å²) in [6.45, 7) is 52.6. The fourth-order valence-electron chi connectivity index (χ4n) is 9.89. The summed E-state index contributed by atoms with van der Waals surface area (Å²) in [5.74, 6) is 1.27. The van der Waals surface area contributed by atoms with Crippen LogP contribution in [0.5, 0.6) is 0 Å². The Labute approximate surface area is 827 Å². The van der Waals surface area contributed by atoms with E-state index < -0.39 is 36.3 Å². The molecule has 0 spiro atoms. The normalized spacial score (nSPS) is 13.1. The average Bonchev–Trinajstić information content (AvgIpc) is 0.853. The van der Waals surface area contributed by atoms with Gasteiger partial charge in [-0.2, -0.15) is 0 Å². The number of hydrogen-bond acceptors (Lipinski definition) is 37. The second-order valence-corrected chi connectivity index (χ2v) is 36.2. The molecule has 0 amide bonds. The zero-order valence-electron chi connectivity index (χ0n) is 88.9. The van der Waals surface area contributed by atoms with Crippen molar-refractivity contribution >= 4 is 99.2 Å². The van der Waals surface area contributed by atoms with E-state index in [0.29, 0.717) is 110 Å². The van der Waals surface area contributed by atoms with Crippen molar-refractivity contribution in [3.63, 3.8) is 0 Å². The van der Waals surface area contributed by atoms with Crippen LogP contribution in [0.3, 0.4) is 0 Å². The van der Waals surface area contributed by atoms with Gasteiger partial charge in [0, 0.05) is 110 Å². The monoisotopic (exact) mass is 1980 g/mol. The van der Waals surface area contributed by atoms with Crippen LogP contribution in [0.4, 0.5) is 0 Å². The molecule has 0 aliphatic rings. The highest BCUT2D eigenvalue weighted by molar-refractivity contribution is 5.91. The molecule has 47 nitrogen and oxygen atoms in total. The maximum atomic E-state index is 11.4. The second kappa shape index (κ2) is 95.5. The Hall–Kier alpha value is -8.99. The second-order valence-electron chi connectivity index (χ2n) is 36.2. The molecule has 0 unspecified atom stereocenters. The van der Waals surface area contributed by atoms with E-state index in [1.54, 1.807) is 27.7 Å². The highest BCUT2D eigenvalue weighted by Gasteiger charge is 2.24. The van der Waals surface area contributed by atoms with Gasteiger partial charge in [-0.3, -0.25) is 82.5 Å². The number of nitrogens with zero attached hydrogens (tertiary/aromatic N) is 5. The fraction of sp³-hybridized carbons (Fsp3) is 0.791. The zero-order valence-corrected chi connectivity index (χ0v) is 88.9. The molecular formula is C91H205N35O12. The molecule has 0 aliphatic carbocycles. The third-order valence-corrected chi connectivity index (χ3v) is 18.5. The zero-order chi connectivity index (χ0) is 111. The van der Waals surface area contributed by atoms with Crippen LogP contribution >= 0.6 is 0 Å². The van der Waals surface area contributed by atoms with Crippen molar-refractivity contribution in [2.45, 2.75) is 316 Å². The molecule has 0 radical (unpaired) electrons. The van der Waals surface area contributed by atoms with Crippen molar-refractivity contribution in [3.05, 3.63) is 12.4 Å². The summed E-state index contributed by atoms with van der Waals surface area (Å²) in [6.07, 6.45) is 8.16. The minimum atomic E-state index is -0.591. The van der Waals surface area contributed by atoms with E-state index in [0.717, 1.165) is 25.7 Å². The molecule has 12 atom stereocenters. The number of hydrogen-bond donors (Lipinski definition) is 30. The standard InChI is InChI=1S/C10H21N3O.C9H20N4O.2C8H18N4O.2C8H18N2O.2C7H16N4O.2C7H16N2O.2C6H14N2O/c1-7(2)10(14)9(12)5-4-6-13-8(3)11;1-6(2)8(14)7(10)4-3-5-13-9(11)12;2*1-5(2)7(13)6(9)3-4-12-8(10)11;2*1-6(2)8(11)7(10)4-3-5-9;2*1-4(2)6(12)5(8)3-11-7(9)10;2*1-5(2)7(10)6(9)3-4-8;2*1-4(2)6(9)5(8)3-7/h7,9,13H,3-6,11-12H2,1-2H3;6-7H,3-5,10H2,1-2H3,(H4,11,12,13);2*5-6H,3-4,9H2,1-2H3,(H4,10,11,12);2*6-7H,3-5,9-10H2,1-2H3;2*4-5H,3,8H2,1-2H3,(H4,9,10,11);2*5-6H,3-4,8-9H2,1-2H3;2*4-5H,3,7-8H2,1-2H3/t9-;7-;2*6-;2*7-;2*5-;2*6-;2*5-/m101010101010/s1. The molecule has 0 aromatic rings. The Morgan fingerprint density at radius 3 is 0.543 bits per heavy atom. The molecule has 0 bridgehead atoms. The maximum Gasteiger partial charge on any atom is 0.185 e. The molecule has 0 aliphatic heterocycles. The van der Waals surface area contributed by atoms with Crippen LogP contribution in [0.2, 0.25) is 0 Å². The van der Waals surface area contributed by atoms with E-state index in [9.17, 15) is 57.5 Å². The SMILES string of the molecule is C=C(N)NCCC[C@@H](N)C(=O)C(C)C.CC(C)C(=O)[C@@H](N)CCCN.CC(C)C(=O)[C@@H](N)CCCN=C(N)N.CC(C)C(=O)[C@@H](N)CCN.CC(C)C(=O)[C@@H](N)CCN=C(N)N.CC(C)C(=O)[C@@H](N)CN.CC(C)C(=O)[C@@H](N)CN=C(N)N.CC(C)C(=O)[C@H](N)CCCN.CC(C)C(=O)[C@H](N)CCN.CC(C)C(=O)[C@H](N)CCN=C(N)N.CC(C)C(=O)[C@H](N)CN.CC(C)C(=O)[C@H](N)CN=C(N)N. The van der Waals surface area contributed by atoms with E-state index in [1.165, 1.54) is 0 Å². The van der Waals surface area contributed by atoms with Gasteiger partial charge in [0.1, 0.15) is 0 Å². The van der Waals surface area contributed by atoms with Gasteiger partial charge in [-0.15, -0.1) is 0 Å². The van der Waals surface area contributed by atoms with E-state index in [4.69, 9.17) is 166 Å². The summed E-state index contributed by atoms with van der Waals surface area (Å²) < 4.78 is 0. The molecule has 0 saturated carbocycles. The summed E-state index contributed by atoms with van der Waals surface area (Å²) in [6, 6.07) is -5.08. The molecule has 0 aromatic heterocycles. The Morgan fingerprint density at radius 1 is 0.210 bits per heavy atom. The first-order valence-corrected chi connectivity index (χ1v) is 47.4. The molecule has 0 saturated heterocycles. The quantitative estimate of drug-likeness (QED) is 0.0155. The lowest BCUT2D eigenvalue weighted by Gasteiger charge is -2.13. The van der Waals surface area contributed by atoms with E-state index in [-0.39, 0.29) is 233 Å². The number of nitrogens with two attached hydrogens (primary N) is 29. The van der Waals surface area contributed by atoms with Gasteiger partial charge < -0.3 is 172 Å². The van der Waals surface area contributed by atoms with E-state index in [1.807, 2.05) is 138 Å². The van der Waals surface area contributed by atoms with Crippen LogP contribution in [0, 0.1) is 71.0 Å². The summed E-state index contributed by atoms with van der Waals surface area (Å²) in [4.78, 5) is 152. The number of Topliss-reactive ketones (excluding diaryl/α,β-unsaturated/α-hetero) is 12. The number of guanidine groups is 5. The predicted molar refractivity (Wildman–Crippen MR) is 568 cm³/mol. The van der Waals surface area contributed by atoms with E-state index in [2.05, 4.69) is 36.9 Å². The van der Waals surface area contributed by atoms with Crippen LogP contribution < -0.4 is 172 Å². The lowest BCUT2D eigenvalue weighted by atomic mass is 9.99. The number of aliphatic imine (C=N–C) groups is 5. The van der Waals surface area contributed by atoms with E-state index >= 15 is 0 Å². The van der Waals surface area contributed by atoms with Gasteiger partial charge >= 0.3 is 0 Å². The van der Waals surface area contributed by atoms with Gasteiger partial charge in [0.05, 0.1) is 91.4 Å². The Bertz CT molecular complexity index is 3200. The van der Waals surface area contributed by atoms with Crippen LogP contribution in [0.1, 0.15) is 243 Å². The first kappa shape index (κ1) is 154. The Kier molecular flexibility index (Phi) is 107. The van der Waals surface area contributed by atoms with Gasteiger partial charge in [0.25, 0.3) is 0 Å². The fourth-order valence-corrected chi connectivity index (χ4v) is 9.89. The number of ketones is 12. The van der Waals surface area contributed by atoms with Gasteiger partial charge in [-0.25, -0.2) is 0 Å². The number of carbonyl (C=O) groups excluding carboxylic acids is 12. The van der Waals surface area contributed by atoms with Gasteiger partial charge in [0.15, 0.2) is 99.2 Å². The predicted octanol–water partition coefficient (Wildman–Crippen LogP) is -4.71. The van der Waals surface area contributed by atoms with Gasteiger partial charge in [-0.1, -0.05) is 173 Å². The Balaban J connectivity index is -0.000000126. The molecule has 47 heteroatoms. The molecule has 0 aromatic carbocycles. The van der Waals surface area contributed by atoms with Crippen LogP contribution in [-0.4, -0.2) is 250 Å². The molecule has 816 valence electrons. The molecular weight excluding hydrogens is 1780 g/mol. The summed E-state index contributed by atoms with van der Waals surface area (Å²) in [5.41, 5.74) is 154. The summed E-state index contributed by atoms with van der Waals surface area (Å²) in [5, 5.41) is 2.89. The molecule has 138 heavy (non-hydrogen) atoms. The van der Waals surface area contributed by atoms with Crippen LogP contribution in [0.15, 0.2) is 37.4 Å².